The van der Waals surface area contributed by atoms with Crippen molar-refractivity contribution in [2.24, 2.45) is 0 Å². The minimum Gasteiger partial charge on any atom is -0.378 e. The molecular formula is C15H20F3N4O3+. The summed E-state index contributed by atoms with van der Waals surface area (Å²) >= 11 is 0. The summed E-state index contributed by atoms with van der Waals surface area (Å²) in [6.07, 6.45) is 0. The van der Waals surface area contributed by atoms with E-state index in [0.29, 0.717) is 52.6 Å². The van der Waals surface area contributed by atoms with Gasteiger partial charge in [-0.3, -0.25) is 4.79 Å². The number of morpholine rings is 2. The van der Waals surface area contributed by atoms with Crippen molar-refractivity contribution in [1.82, 2.24) is 4.98 Å². The fourth-order valence-electron chi connectivity index (χ4n) is 2.84. The number of anilines is 2. The summed E-state index contributed by atoms with van der Waals surface area (Å²) in [6, 6.07) is 0. The third kappa shape index (κ3) is 4.20. The fraction of sp³-hybridized carbons (Fsp3) is 0.600. The first-order valence-corrected chi connectivity index (χ1v) is 8.14. The predicted molar refractivity (Wildman–Crippen MR) is 82.2 cm³/mol. The zero-order chi connectivity index (χ0) is 17.8. The number of rotatable bonds is 4. The van der Waals surface area contributed by atoms with E-state index in [4.69, 9.17) is 9.47 Å². The topological polar surface area (TPSA) is 68.1 Å². The lowest BCUT2D eigenvalue weighted by Gasteiger charge is -2.28. The molecule has 0 unspecified atom stereocenters. The van der Waals surface area contributed by atoms with E-state index < -0.39 is 29.2 Å². The van der Waals surface area contributed by atoms with Crippen LogP contribution in [-0.4, -0.2) is 70.0 Å². The van der Waals surface area contributed by atoms with E-state index in [1.807, 2.05) is 0 Å². The van der Waals surface area contributed by atoms with Gasteiger partial charge in [0.05, 0.1) is 26.4 Å². The van der Waals surface area contributed by atoms with Crippen molar-refractivity contribution >= 4 is 17.4 Å². The van der Waals surface area contributed by atoms with Gasteiger partial charge in [-0.05, 0) is 0 Å². The van der Waals surface area contributed by atoms with Crippen LogP contribution in [0.2, 0.25) is 0 Å². The molecule has 2 fully saturated rings. The summed E-state index contributed by atoms with van der Waals surface area (Å²) in [6.45, 7) is 3.61. The lowest BCUT2D eigenvalue weighted by atomic mass is 10.3. The molecule has 1 amide bonds. The molecule has 138 valence electrons. The number of amides is 1. The molecule has 0 aromatic carbocycles. The van der Waals surface area contributed by atoms with Gasteiger partial charge in [0.2, 0.25) is 5.82 Å². The molecule has 1 aromatic rings. The Balaban J connectivity index is 1.77. The average molecular weight is 361 g/mol. The van der Waals surface area contributed by atoms with E-state index in [1.165, 1.54) is 4.90 Å². The van der Waals surface area contributed by atoms with Crippen LogP contribution in [0.25, 0.3) is 0 Å². The van der Waals surface area contributed by atoms with Crippen LogP contribution in [0.5, 0.6) is 0 Å². The molecule has 0 radical (unpaired) electrons. The molecule has 2 aliphatic heterocycles. The number of pyridine rings is 1. The van der Waals surface area contributed by atoms with Gasteiger partial charge in [0.25, 0.3) is 11.9 Å². The maximum atomic E-state index is 14.6. The normalized spacial score (nSPS) is 19.1. The van der Waals surface area contributed by atoms with Gasteiger partial charge in [0.1, 0.15) is 18.8 Å². The van der Waals surface area contributed by atoms with Crippen LogP contribution in [0.15, 0.2) is 0 Å². The van der Waals surface area contributed by atoms with Crippen molar-refractivity contribution in [3.05, 3.63) is 17.6 Å². The predicted octanol–water partition coefficient (Wildman–Crippen LogP) is -0.811. The zero-order valence-corrected chi connectivity index (χ0v) is 13.6. The van der Waals surface area contributed by atoms with Gasteiger partial charge < -0.3 is 24.6 Å². The second-order valence-electron chi connectivity index (χ2n) is 5.92. The molecule has 2 N–H and O–H groups in total. The molecule has 0 atom stereocenters. The summed E-state index contributed by atoms with van der Waals surface area (Å²) < 4.78 is 52.8. The minimum absolute atomic E-state index is 0.0269. The quantitative estimate of drug-likeness (QED) is 0.687. The number of quaternary nitrogens is 1. The van der Waals surface area contributed by atoms with E-state index in [1.54, 1.807) is 0 Å². The fourth-order valence-corrected chi connectivity index (χ4v) is 2.84. The Morgan fingerprint density at radius 3 is 2.40 bits per heavy atom. The van der Waals surface area contributed by atoms with Crippen molar-refractivity contribution in [3.63, 3.8) is 0 Å². The molecule has 1 aromatic heterocycles. The maximum absolute atomic E-state index is 14.6. The number of carbonyl (C=O) groups is 1. The van der Waals surface area contributed by atoms with Crippen molar-refractivity contribution in [3.8, 4) is 0 Å². The van der Waals surface area contributed by atoms with Crippen molar-refractivity contribution < 1.29 is 32.3 Å². The van der Waals surface area contributed by atoms with Crippen molar-refractivity contribution in [2.45, 2.75) is 0 Å². The molecule has 0 aliphatic carbocycles. The highest BCUT2D eigenvalue weighted by atomic mass is 19.2. The summed E-state index contributed by atoms with van der Waals surface area (Å²) in [5.41, 5.74) is -0.799. The van der Waals surface area contributed by atoms with Crippen LogP contribution < -0.4 is 15.1 Å². The monoisotopic (exact) mass is 361 g/mol. The van der Waals surface area contributed by atoms with Gasteiger partial charge >= 0.3 is 0 Å². The Kier molecular flexibility index (Phi) is 5.71. The summed E-state index contributed by atoms with van der Waals surface area (Å²) in [4.78, 5) is 17.9. The Labute approximate surface area is 142 Å². The lowest BCUT2D eigenvalue weighted by Crippen LogP contribution is -3.15. The first-order chi connectivity index (χ1) is 12.1. The van der Waals surface area contributed by atoms with Crippen LogP contribution in [0.3, 0.4) is 0 Å². The Morgan fingerprint density at radius 1 is 1.08 bits per heavy atom. The smallest absolute Gasteiger partial charge is 0.279 e. The Bertz CT molecular complexity index is 635. The highest BCUT2D eigenvalue weighted by molar-refractivity contribution is 5.92. The van der Waals surface area contributed by atoms with E-state index >= 15 is 0 Å². The number of hydrogen-bond acceptors (Lipinski definition) is 5. The van der Waals surface area contributed by atoms with E-state index in [0.717, 1.165) is 4.90 Å². The molecule has 25 heavy (non-hydrogen) atoms. The molecule has 0 saturated carbocycles. The van der Waals surface area contributed by atoms with Gasteiger partial charge in [0.15, 0.2) is 18.2 Å². The number of carbonyl (C=O) groups excluding carboxylic acids is 1. The molecule has 3 heterocycles. The Morgan fingerprint density at radius 2 is 1.72 bits per heavy atom. The third-order valence-corrected chi connectivity index (χ3v) is 4.21. The number of nitrogens with zero attached hydrogens (tertiary/aromatic N) is 2. The number of hydrogen-bond donors (Lipinski definition) is 2. The largest absolute Gasteiger partial charge is 0.378 e. The lowest BCUT2D eigenvalue weighted by molar-refractivity contribution is -0.899. The summed E-state index contributed by atoms with van der Waals surface area (Å²) in [7, 11) is 0. The van der Waals surface area contributed by atoms with Gasteiger partial charge in [0, 0.05) is 13.1 Å². The standard InChI is InChI=1S/C15H19F3N4O3/c16-11-13(19-10(23)9-21-1-5-24-6-2-21)12(17)15(20-14(11)18)22-3-7-25-8-4-22/h1-9H2,(H,19,20,23)/p+1. The molecular weight excluding hydrogens is 341 g/mol. The highest BCUT2D eigenvalue weighted by Crippen LogP contribution is 2.28. The number of ether oxygens (including phenoxy) is 2. The van der Waals surface area contributed by atoms with Crippen LogP contribution in [0, 0.1) is 17.6 Å². The molecule has 10 heteroatoms. The van der Waals surface area contributed by atoms with E-state index in [9.17, 15) is 18.0 Å². The average Bonchev–Trinajstić information content (AvgIpc) is 2.63. The molecule has 2 saturated heterocycles. The van der Waals surface area contributed by atoms with Crippen LogP contribution in [0.1, 0.15) is 0 Å². The van der Waals surface area contributed by atoms with Crippen LogP contribution >= 0.6 is 0 Å². The molecule has 7 nitrogen and oxygen atoms in total. The summed E-state index contributed by atoms with van der Waals surface area (Å²) in [5, 5.41) is 2.16. The zero-order valence-electron chi connectivity index (χ0n) is 13.6. The summed E-state index contributed by atoms with van der Waals surface area (Å²) in [5.74, 6) is -4.94. The van der Waals surface area contributed by atoms with Crippen molar-refractivity contribution in [2.75, 3.05) is 69.4 Å². The number of nitrogens with one attached hydrogen (secondary N) is 2. The van der Waals surface area contributed by atoms with Gasteiger partial charge in [-0.2, -0.15) is 13.8 Å². The highest BCUT2D eigenvalue weighted by Gasteiger charge is 2.27. The number of aromatic nitrogens is 1. The molecule has 3 rings (SSSR count). The Hall–Kier alpha value is -1.91. The van der Waals surface area contributed by atoms with Gasteiger partial charge in [-0.1, -0.05) is 0 Å². The SMILES string of the molecule is O=C(C[NH+]1CCOCC1)Nc1c(F)c(F)nc(N2CCOCC2)c1F. The maximum Gasteiger partial charge on any atom is 0.279 e. The third-order valence-electron chi connectivity index (χ3n) is 4.21. The first kappa shape index (κ1) is 17.9. The second kappa shape index (κ2) is 7.98. The molecule has 2 aliphatic rings. The van der Waals surface area contributed by atoms with Crippen LogP contribution in [-0.2, 0) is 14.3 Å². The first-order valence-electron chi connectivity index (χ1n) is 8.14. The van der Waals surface area contributed by atoms with E-state index in [-0.39, 0.29) is 12.4 Å². The van der Waals surface area contributed by atoms with Crippen LogP contribution in [0.4, 0.5) is 24.7 Å². The minimum atomic E-state index is -1.50. The molecule has 0 spiro atoms. The second-order valence-corrected chi connectivity index (χ2v) is 5.92. The number of halogens is 3. The molecule has 0 bridgehead atoms. The van der Waals surface area contributed by atoms with Crippen molar-refractivity contribution in [1.29, 1.82) is 0 Å². The van der Waals surface area contributed by atoms with E-state index in [2.05, 4.69) is 10.3 Å². The van der Waals surface area contributed by atoms with Gasteiger partial charge in [-0.15, -0.1) is 0 Å². The van der Waals surface area contributed by atoms with Gasteiger partial charge in [-0.25, -0.2) is 4.39 Å².